The second-order valence-corrected chi connectivity index (χ2v) is 2.37. The van der Waals surface area contributed by atoms with Crippen LogP contribution in [0.4, 0.5) is 0 Å². The van der Waals surface area contributed by atoms with Gasteiger partial charge in [0.2, 0.25) is 0 Å². The first-order valence-electron chi connectivity index (χ1n) is 1.82. The van der Waals surface area contributed by atoms with E-state index in [0.717, 1.165) is 0 Å². The minimum absolute atomic E-state index is 1.30. The molecule has 2 heteroatoms. The van der Waals surface area contributed by atoms with Crippen LogP contribution < -0.4 is 0 Å². The molecule has 30 valence electrons. The van der Waals surface area contributed by atoms with Crippen molar-refractivity contribution >= 4 is 21.0 Å². The molecule has 1 N–H and O–H groups in total. The molecule has 0 aliphatic heterocycles. The van der Waals surface area contributed by atoms with Crippen LogP contribution in [0, 0.1) is 0 Å². The Morgan fingerprint density at radius 2 is 1.83 bits per heavy atom. The summed E-state index contributed by atoms with van der Waals surface area (Å²) in [5.74, 6) is 0. The predicted molar refractivity (Wildman–Crippen MR) is 27.4 cm³/mol. The molecule has 0 atom stereocenters. The molecule has 2 bridgehead atoms. The van der Waals surface area contributed by atoms with E-state index in [4.69, 9.17) is 0 Å². The zero-order chi connectivity index (χ0) is 3.98. The van der Waals surface area contributed by atoms with Crippen LogP contribution in [-0.2, 0) is 0 Å². The average Bonchev–Trinajstić information content (AvgIpc) is 1.72. The Morgan fingerprint density at radius 3 is 2.00 bits per heavy atom. The minimum atomic E-state index is 1.30. The summed E-state index contributed by atoms with van der Waals surface area (Å²) in [5.41, 5.74) is 0. The minimum Gasteiger partial charge on any atom is -0.339 e. The van der Waals surface area contributed by atoms with Gasteiger partial charge in [0.1, 0.15) is 0 Å². The fourth-order valence-corrected chi connectivity index (χ4v) is 1.23. The lowest BCUT2D eigenvalue weighted by Gasteiger charge is -1.83. The highest BCUT2D eigenvalue weighted by atomic mass is 32.1. The fourth-order valence-electron chi connectivity index (χ4n) is 0.547. The quantitative estimate of drug-likeness (QED) is 0.514. The van der Waals surface area contributed by atoms with Crippen molar-refractivity contribution < 1.29 is 0 Å². The number of H-pyrrole nitrogens is 1. The van der Waals surface area contributed by atoms with E-state index in [9.17, 15) is 0 Å². The Morgan fingerprint density at radius 1 is 1.33 bits per heavy atom. The fraction of sp³-hybridized carbons (Fsp3) is 0. The van der Waals surface area contributed by atoms with Crippen LogP contribution in [-0.4, -0.2) is 4.98 Å². The van der Waals surface area contributed by atoms with Gasteiger partial charge in [-0.15, -0.1) is 11.3 Å². The molecule has 0 radical (unpaired) electrons. The first-order valence-corrected chi connectivity index (χ1v) is 2.64. The van der Waals surface area contributed by atoms with Crippen LogP contribution in [0.15, 0.2) is 12.1 Å². The molecule has 3 heterocycles. The molecule has 3 rings (SSSR count). The van der Waals surface area contributed by atoms with Crippen LogP contribution in [0.5, 0.6) is 0 Å². The molecule has 3 aromatic rings. The SMILES string of the molecule is c1cc2[nH]c1s2. The van der Waals surface area contributed by atoms with Crippen molar-refractivity contribution in [2.75, 3.05) is 0 Å². The molecule has 0 aromatic carbocycles. The van der Waals surface area contributed by atoms with Crippen molar-refractivity contribution in [2.45, 2.75) is 0 Å². The van der Waals surface area contributed by atoms with E-state index in [0.29, 0.717) is 0 Å². The Kier molecular flexibility index (Phi) is 0.268. The maximum Gasteiger partial charge on any atom is 0.0954 e. The number of hydrogen-bond donors (Lipinski definition) is 1. The van der Waals surface area contributed by atoms with Crippen LogP contribution in [0.3, 0.4) is 0 Å². The van der Waals surface area contributed by atoms with Crippen molar-refractivity contribution in [1.29, 1.82) is 0 Å². The lowest BCUT2D eigenvalue weighted by molar-refractivity contribution is 1.60. The van der Waals surface area contributed by atoms with Crippen molar-refractivity contribution in [3.63, 3.8) is 0 Å². The molecule has 3 aromatic heterocycles. The van der Waals surface area contributed by atoms with Gasteiger partial charge < -0.3 is 4.98 Å². The second kappa shape index (κ2) is 0.611. The largest absolute Gasteiger partial charge is 0.339 e. The smallest absolute Gasteiger partial charge is 0.0954 e. The number of nitrogens with one attached hydrogen (secondary N) is 1. The number of aromatic nitrogens is 1. The van der Waals surface area contributed by atoms with E-state index in [2.05, 4.69) is 17.1 Å². The molecule has 0 spiro atoms. The van der Waals surface area contributed by atoms with E-state index in [-0.39, 0.29) is 0 Å². The third-order valence-corrected chi connectivity index (χ3v) is 1.77. The van der Waals surface area contributed by atoms with Gasteiger partial charge in [-0.2, -0.15) is 0 Å². The molecule has 0 saturated carbocycles. The summed E-state index contributed by atoms with van der Waals surface area (Å²) in [6.45, 7) is 0. The monoisotopic (exact) mass is 97.0 g/mol. The maximum absolute atomic E-state index is 3.10. The van der Waals surface area contributed by atoms with Gasteiger partial charge in [0.25, 0.3) is 0 Å². The summed E-state index contributed by atoms with van der Waals surface area (Å²) in [5, 5.41) is 0. The lowest BCUT2D eigenvalue weighted by Crippen LogP contribution is -1.60. The first kappa shape index (κ1) is 2.64. The molecular weight excluding hydrogens is 94.1 g/mol. The third-order valence-electron chi connectivity index (χ3n) is 0.852. The zero-order valence-electron chi connectivity index (χ0n) is 3.06. The average molecular weight is 97.1 g/mol. The Hall–Kier alpha value is -0.500. The van der Waals surface area contributed by atoms with Crippen LogP contribution >= 0.6 is 11.3 Å². The Labute approximate surface area is 38.9 Å². The summed E-state index contributed by atoms with van der Waals surface area (Å²) in [6.07, 6.45) is 0. The summed E-state index contributed by atoms with van der Waals surface area (Å²) in [4.78, 5) is 5.69. The Bertz CT molecular complexity index is 169. The molecule has 6 heavy (non-hydrogen) atoms. The highest BCUT2D eigenvalue weighted by molar-refractivity contribution is 7.24. The molecule has 0 saturated heterocycles. The molecule has 0 fully saturated rings. The van der Waals surface area contributed by atoms with Gasteiger partial charge in [0.15, 0.2) is 0 Å². The standard InChI is InChI=1S/C4H3NS/c1-2-4-5-3(1)6-4/h1-2,5H. The van der Waals surface area contributed by atoms with E-state index in [1.54, 1.807) is 11.3 Å². The van der Waals surface area contributed by atoms with Crippen LogP contribution in [0.25, 0.3) is 9.66 Å². The van der Waals surface area contributed by atoms with Gasteiger partial charge in [-0.05, 0) is 12.1 Å². The normalized spacial score (nSPS) is 11.3. The zero-order valence-corrected chi connectivity index (χ0v) is 3.88. The van der Waals surface area contributed by atoms with Crippen molar-refractivity contribution in [3.05, 3.63) is 12.1 Å². The van der Waals surface area contributed by atoms with Crippen LogP contribution in [0.2, 0.25) is 0 Å². The van der Waals surface area contributed by atoms with Gasteiger partial charge in [0.05, 0.1) is 9.66 Å². The number of hydrogen-bond acceptors (Lipinski definition) is 1. The van der Waals surface area contributed by atoms with Crippen molar-refractivity contribution in [1.82, 2.24) is 4.98 Å². The summed E-state index contributed by atoms with van der Waals surface area (Å²) < 4.78 is 0. The summed E-state index contributed by atoms with van der Waals surface area (Å²) in [7, 11) is 0. The lowest BCUT2D eigenvalue weighted by atomic mass is 10.7. The van der Waals surface area contributed by atoms with Gasteiger partial charge in [-0.25, -0.2) is 0 Å². The van der Waals surface area contributed by atoms with Gasteiger partial charge >= 0.3 is 0 Å². The molecular formula is C4H3NS. The maximum atomic E-state index is 3.10. The molecule has 0 unspecified atom stereocenters. The highest BCUT2D eigenvalue weighted by Crippen LogP contribution is 2.21. The highest BCUT2D eigenvalue weighted by Gasteiger charge is 1.93. The van der Waals surface area contributed by atoms with Gasteiger partial charge in [-0.1, -0.05) is 0 Å². The van der Waals surface area contributed by atoms with E-state index >= 15 is 0 Å². The third kappa shape index (κ3) is 0.140. The number of fused-ring (bicyclic) bond motifs is 1. The van der Waals surface area contributed by atoms with E-state index in [1.165, 1.54) is 9.66 Å². The van der Waals surface area contributed by atoms with Crippen LogP contribution in [0.1, 0.15) is 0 Å². The molecule has 0 amide bonds. The molecule has 0 aliphatic rings. The summed E-state index contributed by atoms with van der Waals surface area (Å²) >= 11 is 1.81. The van der Waals surface area contributed by atoms with E-state index < -0.39 is 0 Å². The predicted octanol–water partition coefficient (Wildman–Crippen LogP) is 1.67. The number of thiophene rings is 1. The van der Waals surface area contributed by atoms with Gasteiger partial charge in [0, 0.05) is 0 Å². The topological polar surface area (TPSA) is 15.8 Å². The van der Waals surface area contributed by atoms with Gasteiger partial charge in [-0.3, -0.25) is 0 Å². The molecule has 0 aliphatic carbocycles. The first-order chi connectivity index (χ1) is 2.95. The Balaban J connectivity index is 3.24. The molecule has 1 nitrogen and oxygen atoms in total. The van der Waals surface area contributed by atoms with Crippen molar-refractivity contribution in [3.8, 4) is 0 Å². The number of aromatic amines is 1. The number of rotatable bonds is 0. The summed E-state index contributed by atoms with van der Waals surface area (Å²) in [6, 6.07) is 4.17. The second-order valence-electron chi connectivity index (χ2n) is 1.29. The van der Waals surface area contributed by atoms with Crippen molar-refractivity contribution in [2.24, 2.45) is 0 Å². The van der Waals surface area contributed by atoms with E-state index in [1.807, 2.05) is 0 Å².